The van der Waals surface area contributed by atoms with Crippen molar-refractivity contribution in [3.05, 3.63) is 41.0 Å². The van der Waals surface area contributed by atoms with Crippen molar-refractivity contribution >= 4 is 23.6 Å². The van der Waals surface area contributed by atoms with Gasteiger partial charge in [-0.25, -0.2) is 9.59 Å². The quantitative estimate of drug-likeness (QED) is 0.834. The summed E-state index contributed by atoms with van der Waals surface area (Å²) in [6, 6.07) is 6.61. The Bertz CT molecular complexity index is 620. The average molecular weight is 290 g/mol. The third-order valence-corrected chi connectivity index (χ3v) is 3.14. The number of hydrogen-bond acceptors (Lipinski definition) is 3. The molecule has 0 saturated carbocycles. The van der Waals surface area contributed by atoms with Gasteiger partial charge in [-0.05, 0) is 38.5 Å². The van der Waals surface area contributed by atoms with E-state index in [1.165, 1.54) is 25.8 Å². The molecule has 0 aliphatic rings. The maximum atomic E-state index is 12.0. The number of nitrogens with one attached hydrogen (secondary N) is 1. The third kappa shape index (κ3) is 4.17. The molecule has 1 rings (SSSR count). The van der Waals surface area contributed by atoms with Crippen molar-refractivity contribution in [1.82, 2.24) is 5.32 Å². The van der Waals surface area contributed by atoms with Crippen molar-refractivity contribution < 1.29 is 19.5 Å². The zero-order valence-corrected chi connectivity index (χ0v) is 12.4. The Hall–Kier alpha value is -2.63. The Morgan fingerprint density at radius 1 is 1.14 bits per heavy atom. The van der Waals surface area contributed by atoms with Gasteiger partial charge in [-0.1, -0.05) is 12.1 Å². The van der Waals surface area contributed by atoms with Gasteiger partial charge in [0.1, 0.15) is 0 Å². The fourth-order valence-corrected chi connectivity index (χ4v) is 1.56. The molecule has 0 spiro atoms. The van der Waals surface area contributed by atoms with Crippen LogP contribution in [0.25, 0.3) is 0 Å². The summed E-state index contributed by atoms with van der Waals surface area (Å²) in [7, 11) is 1.53. The van der Waals surface area contributed by atoms with E-state index in [-0.39, 0.29) is 11.1 Å². The van der Waals surface area contributed by atoms with Gasteiger partial charge in [-0.3, -0.25) is 15.0 Å². The van der Waals surface area contributed by atoms with Crippen LogP contribution in [0.5, 0.6) is 0 Å². The van der Waals surface area contributed by atoms with Crippen LogP contribution in [0.2, 0.25) is 0 Å². The van der Waals surface area contributed by atoms with Crippen LogP contribution in [0.4, 0.5) is 10.5 Å². The molecule has 2 N–H and O–H groups in total. The molecule has 0 unspecified atom stereocenters. The SMILES string of the molecule is CC(C(=O)O)=C(C)C(=O)NC(=O)N(C)c1cccc(C)c1. The van der Waals surface area contributed by atoms with Crippen LogP contribution >= 0.6 is 0 Å². The number of amides is 3. The van der Waals surface area contributed by atoms with Crippen molar-refractivity contribution in [2.24, 2.45) is 0 Å². The Kier molecular flexibility index (Phi) is 5.24. The molecule has 1 aromatic carbocycles. The number of anilines is 1. The van der Waals surface area contributed by atoms with Gasteiger partial charge in [-0.15, -0.1) is 0 Å². The molecule has 6 heteroatoms. The summed E-state index contributed by atoms with van der Waals surface area (Å²) in [4.78, 5) is 35.9. The van der Waals surface area contributed by atoms with Crippen LogP contribution in [0, 0.1) is 6.92 Å². The van der Waals surface area contributed by atoms with Gasteiger partial charge in [0.15, 0.2) is 0 Å². The first-order chi connectivity index (χ1) is 9.73. The number of carboxylic acid groups (broad SMARTS) is 1. The maximum Gasteiger partial charge on any atom is 0.331 e. The monoisotopic (exact) mass is 290 g/mol. The fraction of sp³-hybridized carbons (Fsp3) is 0.267. The first-order valence-corrected chi connectivity index (χ1v) is 6.30. The summed E-state index contributed by atoms with van der Waals surface area (Å²) in [5.74, 6) is -1.92. The molecule has 0 fully saturated rings. The molecule has 0 atom stereocenters. The zero-order chi connectivity index (χ0) is 16.2. The molecule has 0 aliphatic heterocycles. The molecule has 21 heavy (non-hydrogen) atoms. The molecule has 0 aromatic heterocycles. The highest BCUT2D eigenvalue weighted by atomic mass is 16.4. The molecule has 0 radical (unpaired) electrons. The molecule has 0 heterocycles. The summed E-state index contributed by atoms with van der Waals surface area (Å²) in [5, 5.41) is 11.0. The standard InChI is InChI=1S/C15H18N2O4/c1-9-6-5-7-12(8-9)17(4)15(21)16-13(18)10(2)11(3)14(19)20/h5-8H,1-4H3,(H,19,20)(H,16,18,21). The maximum absolute atomic E-state index is 12.0. The summed E-state index contributed by atoms with van der Waals surface area (Å²) in [5.41, 5.74) is 1.51. The molecular weight excluding hydrogens is 272 g/mol. The number of carbonyl (C=O) groups is 3. The minimum absolute atomic E-state index is 0.00603. The first-order valence-electron chi connectivity index (χ1n) is 6.30. The van der Waals surface area contributed by atoms with E-state index in [4.69, 9.17) is 5.11 Å². The highest BCUT2D eigenvalue weighted by Gasteiger charge is 2.18. The topological polar surface area (TPSA) is 86.7 Å². The lowest BCUT2D eigenvalue weighted by Crippen LogP contribution is -2.41. The zero-order valence-electron chi connectivity index (χ0n) is 12.4. The summed E-state index contributed by atoms with van der Waals surface area (Å²) in [6.45, 7) is 4.56. The second kappa shape index (κ2) is 6.69. The van der Waals surface area contributed by atoms with Crippen LogP contribution in [0.15, 0.2) is 35.4 Å². The number of aliphatic carboxylic acids is 1. The second-order valence-corrected chi connectivity index (χ2v) is 4.71. The van der Waals surface area contributed by atoms with Gasteiger partial charge in [0, 0.05) is 23.9 Å². The van der Waals surface area contributed by atoms with Crippen molar-refractivity contribution in [3.63, 3.8) is 0 Å². The van der Waals surface area contributed by atoms with E-state index >= 15 is 0 Å². The van der Waals surface area contributed by atoms with E-state index in [0.29, 0.717) is 5.69 Å². The fourth-order valence-electron chi connectivity index (χ4n) is 1.56. The normalized spacial score (nSPS) is 11.4. The lowest BCUT2D eigenvalue weighted by molar-refractivity contribution is -0.133. The van der Waals surface area contributed by atoms with Crippen LogP contribution in [-0.4, -0.2) is 30.1 Å². The number of hydrogen-bond donors (Lipinski definition) is 2. The predicted molar refractivity (Wildman–Crippen MR) is 79.1 cm³/mol. The molecule has 0 bridgehead atoms. The van der Waals surface area contributed by atoms with Crippen molar-refractivity contribution in [1.29, 1.82) is 0 Å². The largest absolute Gasteiger partial charge is 0.478 e. The highest BCUT2D eigenvalue weighted by Crippen LogP contribution is 2.14. The molecule has 112 valence electrons. The third-order valence-electron chi connectivity index (χ3n) is 3.14. The van der Waals surface area contributed by atoms with Crippen molar-refractivity contribution in [2.75, 3.05) is 11.9 Å². The van der Waals surface area contributed by atoms with Gasteiger partial charge in [0.05, 0.1) is 0 Å². The van der Waals surface area contributed by atoms with E-state index in [9.17, 15) is 14.4 Å². The number of benzene rings is 1. The van der Waals surface area contributed by atoms with Crippen LogP contribution in [-0.2, 0) is 9.59 Å². The minimum Gasteiger partial charge on any atom is -0.478 e. The average Bonchev–Trinajstić information content (AvgIpc) is 2.44. The lowest BCUT2D eigenvalue weighted by atomic mass is 10.1. The number of nitrogens with zero attached hydrogens (tertiary/aromatic N) is 1. The van der Waals surface area contributed by atoms with Crippen LogP contribution in [0.3, 0.4) is 0 Å². The van der Waals surface area contributed by atoms with Gasteiger partial charge in [-0.2, -0.15) is 0 Å². The number of aryl methyl sites for hydroxylation is 1. The number of urea groups is 1. The minimum atomic E-state index is -1.19. The van der Waals surface area contributed by atoms with Gasteiger partial charge in [0.25, 0.3) is 5.91 Å². The number of rotatable bonds is 3. The van der Waals surface area contributed by atoms with E-state index in [1.54, 1.807) is 18.2 Å². The van der Waals surface area contributed by atoms with Gasteiger partial charge in [0.2, 0.25) is 0 Å². The molecule has 1 aromatic rings. The van der Waals surface area contributed by atoms with E-state index in [0.717, 1.165) is 5.56 Å². The van der Waals surface area contributed by atoms with Gasteiger partial charge >= 0.3 is 12.0 Å². The molecular formula is C15H18N2O4. The Morgan fingerprint density at radius 2 is 1.76 bits per heavy atom. The first kappa shape index (κ1) is 16.4. The van der Waals surface area contributed by atoms with E-state index in [1.807, 2.05) is 13.0 Å². The van der Waals surface area contributed by atoms with E-state index < -0.39 is 17.9 Å². The molecule has 6 nitrogen and oxygen atoms in total. The summed E-state index contributed by atoms with van der Waals surface area (Å²) >= 11 is 0. The van der Waals surface area contributed by atoms with Crippen LogP contribution < -0.4 is 10.2 Å². The van der Waals surface area contributed by atoms with Crippen LogP contribution in [0.1, 0.15) is 19.4 Å². The smallest absolute Gasteiger partial charge is 0.331 e. The number of imide groups is 1. The lowest BCUT2D eigenvalue weighted by Gasteiger charge is -2.18. The van der Waals surface area contributed by atoms with E-state index in [2.05, 4.69) is 5.32 Å². The Morgan fingerprint density at radius 3 is 2.29 bits per heavy atom. The second-order valence-electron chi connectivity index (χ2n) is 4.71. The number of carbonyl (C=O) groups excluding carboxylic acids is 2. The molecule has 3 amide bonds. The molecule has 0 saturated heterocycles. The molecule has 0 aliphatic carbocycles. The van der Waals surface area contributed by atoms with Crippen molar-refractivity contribution in [2.45, 2.75) is 20.8 Å². The Labute approximate surface area is 123 Å². The Balaban J connectivity index is 2.84. The predicted octanol–water partition coefficient (Wildman–Crippen LogP) is 2.09. The van der Waals surface area contributed by atoms with Crippen molar-refractivity contribution in [3.8, 4) is 0 Å². The summed E-state index contributed by atoms with van der Waals surface area (Å²) in [6.07, 6.45) is 0. The highest BCUT2D eigenvalue weighted by molar-refractivity contribution is 6.10. The number of carboxylic acids is 1. The summed E-state index contributed by atoms with van der Waals surface area (Å²) < 4.78 is 0. The van der Waals surface area contributed by atoms with Gasteiger partial charge < -0.3 is 5.11 Å².